The van der Waals surface area contributed by atoms with Crippen molar-refractivity contribution >= 4 is 23.2 Å². The highest BCUT2D eigenvalue weighted by atomic mass is 35.5. The number of carbonyl (C=O) groups excluding carboxylic acids is 1. The van der Waals surface area contributed by atoms with Gasteiger partial charge in [-0.3, -0.25) is 9.59 Å². The van der Waals surface area contributed by atoms with Crippen LogP contribution in [0.2, 0.25) is 5.02 Å². The Bertz CT molecular complexity index is 1110. The lowest BCUT2D eigenvalue weighted by molar-refractivity contribution is 0.0950. The van der Waals surface area contributed by atoms with Gasteiger partial charge in [-0.1, -0.05) is 11.6 Å². The average molecular weight is 499 g/mol. The monoisotopic (exact) mass is 498 g/mol. The zero-order chi connectivity index (χ0) is 25.1. The van der Waals surface area contributed by atoms with Crippen molar-refractivity contribution in [3.63, 3.8) is 0 Å². The molecule has 6 nitrogen and oxygen atoms in total. The molecule has 1 aromatic carbocycles. The van der Waals surface area contributed by atoms with E-state index >= 15 is 0 Å². The first kappa shape index (κ1) is 25.8. The number of aryl methyl sites for hydroxylation is 2. The van der Waals surface area contributed by atoms with E-state index in [1.54, 1.807) is 6.07 Å². The first-order chi connectivity index (χ1) is 16.8. The van der Waals surface area contributed by atoms with Gasteiger partial charge in [0.25, 0.3) is 11.5 Å². The number of rotatable bonds is 7. The van der Waals surface area contributed by atoms with Crippen molar-refractivity contribution in [1.82, 2.24) is 15.2 Å². The summed E-state index contributed by atoms with van der Waals surface area (Å²) < 4.78 is 0. The van der Waals surface area contributed by atoms with Crippen LogP contribution in [0.1, 0.15) is 78.2 Å². The topological polar surface area (TPSA) is 68.4 Å². The number of carbonyl (C=O) groups is 1. The minimum Gasteiger partial charge on any atom is -0.369 e. The number of likely N-dealkylation sites (tertiary alicyclic amines) is 1. The zero-order valence-electron chi connectivity index (χ0n) is 21.5. The average Bonchev–Trinajstić information content (AvgIpc) is 3.36. The Kier molecular flexibility index (Phi) is 8.23. The van der Waals surface area contributed by atoms with E-state index in [-0.39, 0.29) is 18.0 Å². The molecule has 0 atom stereocenters. The largest absolute Gasteiger partial charge is 0.369 e. The van der Waals surface area contributed by atoms with E-state index in [1.807, 2.05) is 32.9 Å². The lowest BCUT2D eigenvalue weighted by Crippen LogP contribution is -2.43. The fraction of sp³-hybridized carbons (Fsp3) is 0.571. The predicted octanol–water partition coefficient (Wildman–Crippen LogP) is 5.12. The number of halogens is 1. The third-order valence-corrected chi connectivity index (χ3v) is 8.14. The summed E-state index contributed by atoms with van der Waals surface area (Å²) in [5.74, 6) is -0.209. The van der Waals surface area contributed by atoms with Crippen LogP contribution < -0.4 is 15.8 Å². The molecule has 1 aliphatic carbocycles. The van der Waals surface area contributed by atoms with Gasteiger partial charge in [-0.05, 0) is 109 Å². The van der Waals surface area contributed by atoms with Crippen LogP contribution in [0, 0.1) is 20.8 Å². The number of pyridine rings is 1. The van der Waals surface area contributed by atoms with E-state index in [1.165, 1.54) is 38.8 Å². The van der Waals surface area contributed by atoms with Gasteiger partial charge in [-0.2, -0.15) is 0 Å². The molecule has 1 aromatic heterocycles. The lowest BCUT2D eigenvalue weighted by Gasteiger charge is -2.41. The first-order valence-corrected chi connectivity index (χ1v) is 13.4. The summed E-state index contributed by atoms with van der Waals surface area (Å²) in [6, 6.07) is 6.84. The number of nitrogens with one attached hydrogen (secondary N) is 2. The van der Waals surface area contributed by atoms with Crippen molar-refractivity contribution in [2.45, 2.75) is 84.8 Å². The quantitative estimate of drug-likeness (QED) is 0.556. The molecular weight excluding hydrogens is 460 g/mol. The molecule has 0 spiro atoms. The summed E-state index contributed by atoms with van der Waals surface area (Å²) in [4.78, 5) is 33.5. The van der Waals surface area contributed by atoms with Gasteiger partial charge in [0.05, 0.1) is 0 Å². The number of H-pyrrole nitrogens is 1. The molecule has 2 N–H and O–H groups in total. The second-order valence-corrected chi connectivity index (χ2v) is 10.7. The van der Waals surface area contributed by atoms with Gasteiger partial charge in [0.2, 0.25) is 0 Å². The number of anilines is 1. The van der Waals surface area contributed by atoms with Crippen molar-refractivity contribution in [2.24, 2.45) is 0 Å². The maximum atomic E-state index is 13.2. The zero-order valence-corrected chi connectivity index (χ0v) is 22.3. The molecule has 1 saturated heterocycles. The molecule has 0 radical (unpaired) electrons. The Labute approximate surface area is 214 Å². The maximum absolute atomic E-state index is 13.2. The maximum Gasteiger partial charge on any atom is 0.253 e. The molecule has 4 rings (SSSR count). The van der Waals surface area contributed by atoms with Crippen molar-refractivity contribution in [2.75, 3.05) is 24.5 Å². The van der Waals surface area contributed by atoms with Gasteiger partial charge < -0.3 is 20.1 Å². The minimum absolute atomic E-state index is 0.159. The molecule has 0 bridgehead atoms. The highest BCUT2D eigenvalue weighted by molar-refractivity contribution is 6.31. The third kappa shape index (κ3) is 5.75. The van der Waals surface area contributed by atoms with Crippen molar-refractivity contribution < 1.29 is 4.79 Å². The summed E-state index contributed by atoms with van der Waals surface area (Å²) in [5, 5.41) is 3.50. The molecule has 0 unspecified atom stereocenters. The summed E-state index contributed by atoms with van der Waals surface area (Å²) in [7, 11) is 0. The van der Waals surface area contributed by atoms with E-state index in [0.29, 0.717) is 22.2 Å². The molecule has 35 heavy (non-hydrogen) atoms. The van der Waals surface area contributed by atoms with Crippen LogP contribution >= 0.6 is 11.6 Å². The predicted molar refractivity (Wildman–Crippen MR) is 144 cm³/mol. The SMILES string of the molecule is CCN(c1cc(Cl)cc(C(=O)NCc2c(C)cc(C)[nH]c2=O)c1C)[C@H]1CC[C@H](N2CCCC2)CC1. The first-order valence-electron chi connectivity index (χ1n) is 13.1. The van der Waals surface area contributed by atoms with Crippen LogP contribution in [0.25, 0.3) is 0 Å². The molecule has 2 fully saturated rings. The fourth-order valence-corrected chi connectivity index (χ4v) is 6.24. The number of aromatic amines is 1. The Morgan fingerprint density at radius 3 is 2.43 bits per heavy atom. The molecule has 2 aromatic rings. The second kappa shape index (κ2) is 11.2. The van der Waals surface area contributed by atoms with Crippen LogP contribution in [0.5, 0.6) is 0 Å². The Hall–Kier alpha value is -2.31. The number of amides is 1. The van der Waals surface area contributed by atoms with E-state index < -0.39 is 0 Å². The third-order valence-electron chi connectivity index (χ3n) is 7.92. The van der Waals surface area contributed by atoms with Crippen LogP contribution in [-0.4, -0.2) is 47.5 Å². The van der Waals surface area contributed by atoms with Crippen LogP contribution in [0.3, 0.4) is 0 Å². The summed E-state index contributed by atoms with van der Waals surface area (Å²) in [5.41, 5.74) is 4.65. The molecule has 7 heteroatoms. The molecular formula is C28H39ClN4O2. The number of nitrogens with zero attached hydrogens (tertiary/aromatic N) is 2. The van der Waals surface area contributed by atoms with Crippen LogP contribution in [-0.2, 0) is 6.54 Å². The highest BCUT2D eigenvalue weighted by Crippen LogP contribution is 2.35. The Morgan fingerprint density at radius 1 is 1.11 bits per heavy atom. The fourth-order valence-electron chi connectivity index (χ4n) is 6.03. The molecule has 190 valence electrons. The number of benzene rings is 1. The molecule has 1 aliphatic heterocycles. The summed E-state index contributed by atoms with van der Waals surface area (Å²) in [6.45, 7) is 11.5. The molecule has 2 heterocycles. The van der Waals surface area contributed by atoms with Gasteiger partial charge in [0, 0.05) is 52.7 Å². The van der Waals surface area contributed by atoms with Crippen molar-refractivity contribution in [3.05, 3.63) is 61.5 Å². The van der Waals surface area contributed by atoms with E-state index in [0.717, 1.165) is 47.9 Å². The summed E-state index contributed by atoms with van der Waals surface area (Å²) in [6.07, 6.45) is 7.48. The standard InChI is InChI=1S/C28H39ClN4O2/c1-5-33(23-10-8-22(9-11-23)32-12-6-7-13-32)26-16-21(29)15-24(20(26)4)27(34)30-17-25-18(2)14-19(3)31-28(25)35/h14-16,22-23H,5-13,17H2,1-4H3,(H,30,34)(H,31,35)/t22-,23-. The molecule has 1 amide bonds. The van der Waals surface area contributed by atoms with Gasteiger partial charge >= 0.3 is 0 Å². The second-order valence-electron chi connectivity index (χ2n) is 10.2. The van der Waals surface area contributed by atoms with Gasteiger partial charge in [-0.15, -0.1) is 0 Å². The van der Waals surface area contributed by atoms with Crippen molar-refractivity contribution in [1.29, 1.82) is 0 Å². The highest BCUT2D eigenvalue weighted by Gasteiger charge is 2.31. The Morgan fingerprint density at radius 2 is 1.80 bits per heavy atom. The molecule has 2 aliphatic rings. The smallest absolute Gasteiger partial charge is 0.253 e. The molecule has 1 saturated carbocycles. The van der Waals surface area contributed by atoms with Gasteiger partial charge in [0.15, 0.2) is 0 Å². The van der Waals surface area contributed by atoms with E-state index in [9.17, 15) is 9.59 Å². The number of hydrogen-bond acceptors (Lipinski definition) is 4. The Balaban J connectivity index is 1.49. The van der Waals surface area contributed by atoms with Crippen LogP contribution in [0.4, 0.5) is 5.69 Å². The van der Waals surface area contributed by atoms with Gasteiger partial charge in [-0.25, -0.2) is 0 Å². The van der Waals surface area contributed by atoms with Crippen LogP contribution in [0.15, 0.2) is 23.0 Å². The van der Waals surface area contributed by atoms with E-state index in [2.05, 4.69) is 27.0 Å². The minimum atomic E-state index is -0.209. The summed E-state index contributed by atoms with van der Waals surface area (Å²) >= 11 is 6.53. The lowest BCUT2D eigenvalue weighted by atomic mass is 9.88. The number of aromatic nitrogens is 1. The normalized spacial score (nSPS) is 20.7. The van der Waals surface area contributed by atoms with E-state index in [4.69, 9.17) is 11.6 Å². The van der Waals surface area contributed by atoms with Gasteiger partial charge in [0.1, 0.15) is 0 Å². The number of hydrogen-bond donors (Lipinski definition) is 2. The van der Waals surface area contributed by atoms with Crippen molar-refractivity contribution in [3.8, 4) is 0 Å².